The molecular weight excluding hydrogens is 384 g/mol. The number of nitro groups is 1. The van der Waals surface area contributed by atoms with Gasteiger partial charge < -0.3 is 19.8 Å². The highest BCUT2D eigenvalue weighted by atomic mass is 16.6. The number of likely N-dealkylation sites (N-methyl/N-ethyl adjacent to an activating group) is 1. The summed E-state index contributed by atoms with van der Waals surface area (Å²) in [5, 5.41) is 33.3. The van der Waals surface area contributed by atoms with Crippen LogP contribution in [-0.4, -0.2) is 51.9 Å². The van der Waals surface area contributed by atoms with Crippen LogP contribution in [-0.2, 0) is 11.8 Å². The van der Waals surface area contributed by atoms with E-state index in [9.17, 15) is 20.3 Å². The molecule has 6 atom stereocenters. The van der Waals surface area contributed by atoms with Gasteiger partial charge in [0.15, 0.2) is 11.5 Å². The number of benzene rings is 2. The lowest BCUT2D eigenvalue weighted by molar-refractivity contribution is -0.385. The van der Waals surface area contributed by atoms with Gasteiger partial charge in [-0.1, -0.05) is 18.2 Å². The molecule has 6 rings (SSSR count). The standard InChI is InChI=1S/C23H24N2O5/c1-24-8-7-23-16-11-15(12-3-2-4-14(9-12)25(28)29)20(27)22(23)30-21-18(26)6-5-13(19(21)23)10-17(16)24/h2-6,9,15-17,20,22,26-27H,7-8,10-11H2,1H3/t15-,16?,17-,20+,22+,23+/m1/s1. The van der Waals surface area contributed by atoms with Gasteiger partial charge in [-0.3, -0.25) is 10.1 Å². The molecule has 30 heavy (non-hydrogen) atoms. The van der Waals surface area contributed by atoms with Gasteiger partial charge in [-0.25, -0.2) is 0 Å². The van der Waals surface area contributed by atoms with E-state index in [2.05, 4.69) is 11.9 Å². The Morgan fingerprint density at radius 2 is 2.13 bits per heavy atom. The van der Waals surface area contributed by atoms with Crippen molar-refractivity contribution in [2.45, 2.75) is 48.8 Å². The Morgan fingerprint density at radius 3 is 2.93 bits per heavy atom. The molecule has 2 aliphatic carbocycles. The lowest BCUT2D eigenvalue weighted by Gasteiger charge is -2.60. The van der Waals surface area contributed by atoms with Gasteiger partial charge in [-0.2, -0.15) is 0 Å². The average molecular weight is 408 g/mol. The minimum absolute atomic E-state index is 0.0384. The molecule has 156 valence electrons. The summed E-state index contributed by atoms with van der Waals surface area (Å²) in [6.45, 7) is 0.920. The largest absolute Gasteiger partial charge is 0.504 e. The summed E-state index contributed by atoms with van der Waals surface area (Å²) in [7, 11) is 2.15. The fourth-order valence-electron chi connectivity index (χ4n) is 6.90. The molecule has 2 aliphatic heterocycles. The van der Waals surface area contributed by atoms with Crippen molar-refractivity contribution in [1.29, 1.82) is 0 Å². The molecule has 0 radical (unpaired) electrons. The maximum Gasteiger partial charge on any atom is 0.269 e. The van der Waals surface area contributed by atoms with Gasteiger partial charge in [0.2, 0.25) is 0 Å². The molecule has 1 spiro atoms. The number of nitro benzene ring substituents is 1. The lowest BCUT2D eigenvalue weighted by Crippen LogP contribution is -2.67. The van der Waals surface area contributed by atoms with Crippen LogP contribution < -0.4 is 4.74 Å². The minimum atomic E-state index is -0.801. The van der Waals surface area contributed by atoms with Crippen molar-refractivity contribution in [1.82, 2.24) is 4.90 Å². The number of ether oxygens (including phenoxy) is 1. The van der Waals surface area contributed by atoms with Crippen LogP contribution in [0.2, 0.25) is 0 Å². The van der Waals surface area contributed by atoms with Crippen molar-refractivity contribution in [2.24, 2.45) is 5.92 Å². The molecule has 1 saturated carbocycles. The molecule has 2 N–H and O–H groups in total. The number of phenols is 1. The van der Waals surface area contributed by atoms with Gasteiger partial charge in [-0.05, 0) is 56.0 Å². The van der Waals surface area contributed by atoms with Gasteiger partial charge in [0.25, 0.3) is 5.69 Å². The number of aliphatic hydroxyl groups is 1. The van der Waals surface area contributed by atoms with Gasteiger partial charge >= 0.3 is 0 Å². The third-order valence-electron chi connectivity index (χ3n) is 8.18. The molecule has 0 aromatic heterocycles. The Balaban J connectivity index is 1.51. The van der Waals surface area contributed by atoms with Crippen molar-refractivity contribution in [3.05, 3.63) is 63.2 Å². The Morgan fingerprint density at radius 1 is 1.30 bits per heavy atom. The number of nitrogens with zero attached hydrogens (tertiary/aromatic N) is 2. The summed E-state index contributed by atoms with van der Waals surface area (Å²) in [5.74, 6) is 0.668. The second kappa shape index (κ2) is 5.95. The van der Waals surface area contributed by atoms with Crippen molar-refractivity contribution >= 4 is 5.69 Å². The highest BCUT2D eigenvalue weighted by Gasteiger charge is 2.67. The predicted molar refractivity (Wildman–Crippen MR) is 109 cm³/mol. The highest BCUT2D eigenvalue weighted by molar-refractivity contribution is 5.61. The molecule has 2 bridgehead atoms. The Hall–Kier alpha value is -2.64. The van der Waals surface area contributed by atoms with E-state index in [1.807, 2.05) is 12.1 Å². The smallest absolute Gasteiger partial charge is 0.269 e. The van der Waals surface area contributed by atoms with Gasteiger partial charge in [0.1, 0.15) is 6.10 Å². The monoisotopic (exact) mass is 408 g/mol. The van der Waals surface area contributed by atoms with Crippen LogP contribution in [0, 0.1) is 16.0 Å². The summed E-state index contributed by atoms with van der Waals surface area (Å²) < 4.78 is 6.33. The minimum Gasteiger partial charge on any atom is -0.504 e. The SMILES string of the molecule is CN1CC[C@]23c4c5ccc(O)c4O[C@H]2[C@@H](O)[C@@H](c2cccc([N+](=O)[O-])c2)CC3[C@H]1C5. The summed E-state index contributed by atoms with van der Waals surface area (Å²) in [6.07, 6.45) is 1.24. The zero-order valence-corrected chi connectivity index (χ0v) is 16.7. The fourth-order valence-corrected chi connectivity index (χ4v) is 6.90. The molecule has 2 aromatic rings. The van der Waals surface area contributed by atoms with Crippen LogP contribution in [0.25, 0.3) is 0 Å². The van der Waals surface area contributed by atoms with E-state index in [1.54, 1.807) is 18.2 Å². The van der Waals surface area contributed by atoms with Crippen molar-refractivity contribution in [3.63, 3.8) is 0 Å². The van der Waals surface area contributed by atoms with Crippen LogP contribution in [0.5, 0.6) is 11.5 Å². The van der Waals surface area contributed by atoms with Gasteiger partial charge in [0.05, 0.1) is 11.0 Å². The molecular formula is C23H24N2O5. The zero-order chi connectivity index (χ0) is 20.8. The number of aromatic hydroxyl groups is 1. The van der Waals surface area contributed by atoms with E-state index in [4.69, 9.17) is 4.74 Å². The first-order valence-electron chi connectivity index (χ1n) is 10.6. The maximum atomic E-state index is 11.5. The molecule has 2 aromatic carbocycles. The number of phenolic OH excluding ortho intramolecular Hbond substituents is 1. The molecule has 7 nitrogen and oxygen atoms in total. The Labute approximate surface area is 174 Å². The first-order valence-corrected chi connectivity index (χ1v) is 10.6. The van der Waals surface area contributed by atoms with Crippen LogP contribution in [0.15, 0.2) is 36.4 Å². The molecule has 0 amide bonds. The number of likely N-dealkylation sites (tertiary alicyclic amines) is 1. The second-order valence-electron chi connectivity index (χ2n) is 9.32. The predicted octanol–water partition coefficient (Wildman–Crippen LogP) is 2.72. The van der Waals surface area contributed by atoms with Crippen molar-refractivity contribution in [2.75, 3.05) is 13.6 Å². The van der Waals surface area contributed by atoms with Gasteiger partial charge in [0, 0.05) is 35.1 Å². The first-order chi connectivity index (χ1) is 14.4. The van der Waals surface area contributed by atoms with E-state index in [-0.39, 0.29) is 28.7 Å². The summed E-state index contributed by atoms with van der Waals surface area (Å²) in [5.41, 5.74) is 2.81. The van der Waals surface area contributed by atoms with Crippen LogP contribution in [0.1, 0.15) is 35.4 Å². The first kappa shape index (κ1) is 18.2. The Kier molecular flexibility index (Phi) is 3.60. The number of piperidine rings is 1. The van der Waals surface area contributed by atoms with E-state index in [0.29, 0.717) is 11.8 Å². The van der Waals surface area contributed by atoms with Gasteiger partial charge in [-0.15, -0.1) is 0 Å². The lowest BCUT2D eigenvalue weighted by atomic mass is 9.49. The fraction of sp³-hybridized carbons (Fsp3) is 0.478. The quantitative estimate of drug-likeness (QED) is 0.586. The molecule has 4 aliphatic rings. The van der Waals surface area contributed by atoms with Crippen LogP contribution >= 0.6 is 0 Å². The van der Waals surface area contributed by atoms with Crippen molar-refractivity contribution in [3.8, 4) is 11.5 Å². The number of hydrogen-bond acceptors (Lipinski definition) is 6. The van der Waals surface area contributed by atoms with E-state index < -0.39 is 17.1 Å². The molecule has 1 saturated heterocycles. The molecule has 7 heteroatoms. The maximum absolute atomic E-state index is 11.5. The Bertz CT molecular complexity index is 1070. The number of hydrogen-bond donors (Lipinski definition) is 2. The second-order valence-corrected chi connectivity index (χ2v) is 9.32. The third kappa shape index (κ3) is 2.11. The molecule has 2 fully saturated rings. The number of rotatable bonds is 2. The van der Waals surface area contributed by atoms with E-state index >= 15 is 0 Å². The molecule has 2 heterocycles. The third-order valence-corrected chi connectivity index (χ3v) is 8.18. The van der Waals surface area contributed by atoms with Crippen LogP contribution in [0.3, 0.4) is 0 Å². The number of non-ortho nitro benzene ring substituents is 1. The summed E-state index contributed by atoms with van der Waals surface area (Å²) >= 11 is 0. The normalized spacial score (nSPS) is 36.1. The van der Waals surface area contributed by atoms with E-state index in [0.717, 1.165) is 36.9 Å². The number of aliphatic hydroxyl groups excluding tert-OH is 1. The van der Waals surface area contributed by atoms with Crippen molar-refractivity contribution < 1.29 is 19.9 Å². The highest BCUT2D eigenvalue weighted by Crippen LogP contribution is 2.65. The topological polar surface area (TPSA) is 96.1 Å². The average Bonchev–Trinajstić information content (AvgIpc) is 3.09. The van der Waals surface area contributed by atoms with E-state index in [1.165, 1.54) is 11.6 Å². The zero-order valence-electron chi connectivity index (χ0n) is 16.7. The van der Waals surface area contributed by atoms with Crippen LogP contribution in [0.4, 0.5) is 5.69 Å². The summed E-state index contributed by atoms with van der Waals surface area (Å²) in [4.78, 5) is 13.3. The summed E-state index contributed by atoms with van der Waals surface area (Å²) in [6, 6.07) is 10.6. The molecule has 1 unspecified atom stereocenters.